The first kappa shape index (κ1) is 15.2. The van der Waals surface area contributed by atoms with Crippen LogP contribution in [0.1, 0.15) is 32.6 Å². The first-order valence-electron chi connectivity index (χ1n) is 7.28. The lowest BCUT2D eigenvalue weighted by Gasteiger charge is -2.48. The van der Waals surface area contributed by atoms with Crippen LogP contribution in [0, 0.1) is 0 Å². The molecule has 2 heterocycles. The SMILES string of the molecule is CCOC1CCN(C2(CN)CCCS(=O)(=O)C2)CC1. The minimum Gasteiger partial charge on any atom is -0.378 e. The number of nitrogens with zero attached hydrogens (tertiary/aromatic N) is 1. The van der Waals surface area contributed by atoms with Crippen molar-refractivity contribution in [3.8, 4) is 0 Å². The topological polar surface area (TPSA) is 72.6 Å². The molecule has 6 heteroatoms. The summed E-state index contributed by atoms with van der Waals surface area (Å²) in [6, 6.07) is 0. The van der Waals surface area contributed by atoms with Gasteiger partial charge in [0.25, 0.3) is 0 Å². The largest absolute Gasteiger partial charge is 0.378 e. The Morgan fingerprint density at radius 3 is 2.58 bits per heavy atom. The van der Waals surface area contributed by atoms with Gasteiger partial charge in [-0.05, 0) is 32.6 Å². The predicted molar refractivity (Wildman–Crippen MR) is 75.9 cm³/mol. The summed E-state index contributed by atoms with van der Waals surface area (Å²) in [6.07, 6.45) is 3.94. The molecule has 1 unspecified atom stereocenters. The maximum Gasteiger partial charge on any atom is 0.152 e. The average molecular weight is 290 g/mol. The van der Waals surface area contributed by atoms with Gasteiger partial charge in [-0.25, -0.2) is 8.42 Å². The van der Waals surface area contributed by atoms with Crippen LogP contribution in [0.4, 0.5) is 0 Å². The molecule has 0 bridgehead atoms. The Balaban J connectivity index is 2.02. The number of ether oxygens (including phenoxy) is 1. The molecule has 0 saturated carbocycles. The van der Waals surface area contributed by atoms with Crippen molar-refractivity contribution in [2.75, 3.05) is 37.7 Å². The monoisotopic (exact) mass is 290 g/mol. The van der Waals surface area contributed by atoms with Crippen molar-refractivity contribution >= 4 is 9.84 Å². The van der Waals surface area contributed by atoms with Crippen LogP contribution in [-0.2, 0) is 14.6 Å². The Morgan fingerprint density at radius 2 is 2.05 bits per heavy atom. The summed E-state index contributed by atoms with van der Waals surface area (Å²) >= 11 is 0. The highest BCUT2D eigenvalue weighted by Crippen LogP contribution is 2.31. The molecule has 2 aliphatic rings. The second-order valence-corrected chi connectivity index (χ2v) is 7.95. The number of sulfone groups is 1. The van der Waals surface area contributed by atoms with Crippen molar-refractivity contribution < 1.29 is 13.2 Å². The molecule has 2 N–H and O–H groups in total. The molecular formula is C13H26N2O3S. The number of piperidine rings is 1. The first-order chi connectivity index (χ1) is 9.01. The summed E-state index contributed by atoms with van der Waals surface area (Å²) in [6.45, 7) is 5.00. The van der Waals surface area contributed by atoms with Crippen LogP contribution in [0.5, 0.6) is 0 Å². The van der Waals surface area contributed by atoms with Crippen molar-refractivity contribution in [3.63, 3.8) is 0 Å². The van der Waals surface area contributed by atoms with E-state index in [2.05, 4.69) is 4.90 Å². The Bertz CT molecular complexity index is 391. The summed E-state index contributed by atoms with van der Waals surface area (Å²) in [5.74, 6) is 0.556. The lowest BCUT2D eigenvalue weighted by atomic mass is 9.90. The molecule has 112 valence electrons. The molecule has 2 rings (SSSR count). The van der Waals surface area contributed by atoms with E-state index in [0.717, 1.165) is 45.4 Å². The molecule has 5 nitrogen and oxygen atoms in total. The molecule has 0 radical (unpaired) electrons. The van der Waals surface area contributed by atoms with Crippen LogP contribution < -0.4 is 5.73 Å². The van der Waals surface area contributed by atoms with Gasteiger partial charge in [0.15, 0.2) is 9.84 Å². The lowest BCUT2D eigenvalue weighted by Crippen LogP contribution is -2.62. The fourth-order valence-electron chi connectivity index (χ4n) is 3.45. The number of hydrogen-bond acceptors (Lipinski definition) is 5. The van der Waals surface area contributed by atoms with E-state index in [0.29, 0.717) is 18.4 Å². The Hall–Kier alpha value is -0.170. The fourth-order valence-corrected chi connectivity index (χ4v) is 5.44. The van der Waals surface area contributed by atoms with Gasteiger partial charge in [0.2, 0.25) is 0 Å². The standard InChI is InChI=1S/C13H26N2O3S/c1-2-18-12-4-7-15(8-5-12)13(10-14)6-3-9-19(16,17)11-13/h12H,2-11,14H2,1H3. The van der Waals surface area contributed by atoms with Gasteiger partial charge in [0, 0.05) is 31.8 Å². The highest BCUT2D eigenvalue weighted by atomic mass is 32.2. The molecule has 19 heavy (non-hydrogen) atoms. The normalized spacial score (nSPS) is 33.4. The van der Waals surface area contributed by atoms with Crippen LogP contribution in [0.3, 0.4) is 0 Å². The van der Waals surface area contributed by atoms with Gasteiger partial charge >= 0.3 is 0 Å². The van der Waals surface area contributed by atoms with E-state index in [1.54, 1.807) is 0 Å². The lowest BCUT2D eigenvalue weighted by molar-refractivity contribution is -0.0158. The quantitative estimate of drug-likeness (QED) is 0.811. The Kier molecular flexibility index (Phi) is 4.87. The molecule has 0 amide bonds. The van der Waals surface area contributed by atoms with Gasteiger partial charge in [-0.3, -0.25) is 4.90 Å². The van der Waals surface area contributed by atoms with Crippen LogP contribution in [0.25, 0.3) is 0 Å². The molecule has 0 aliphatic carbocycles. The smallest absolute Gasteiger partial charge is 0.152 e. The predicted octanol–water partition coefficient (Wildman–Crippen LogP) is 0.393. The number of nitrogens with two attached hydrogens (primary N) is 1. The molecule has 2 aliphatic heterocycles. The zero-order valence-corrected chi connectivity index (χ0v) is 12.6. The zero-order valence-electron chi connectivity index (χ0n) is 11.8. The van der Waals surface area contributed by atoms with E-state index in [1.807, 2.05) is 6.92 Å². The molecule has 0 aromatic carbocycles. The maximum atomic E-state index is 11.9. The molecular weight excluding hydrogens is 264 g/mol. The first-order valence-corrected chi connectivity index (χ1v) is 9.11. The Labute approximate surface area is 116 Å². The second-order valence-electron chi connectivity index (χ2n) is 5.77. The minimum atomic E-state index is -2.93. The highest BCUT2D eigenvalue weighted by Gasteiger charge is 2.43. The van der Waals surface area contributed by atoms with Gasteiger partial charge in [-0.1, -0.05) is 0 Å². The number of likely N-dealkylation sites (tertiary alicyclic amines) is 1. The van der Waals surface area contributed by atoms with Crippen LogP contribution in [0.2, 0.25) is 0 Å². The fraction of sp³-hybridized carbons (Fsp3) is 1.00. The van der Waals surface area contributed by atoms with Crippen molar-refractivity contribution in [2.45, 2.75) is 44.2 Å². The van der Waals surface area contributed by atoms with E-state index in [1.165, 1.54) is 0 Å². The van der Waals surface area contributed by atoms with Crippen LogP contribution >= 0.6 is 0 Å². The summed E-state index contributed by atoms with van der Waals surface area (Å²) < 4.78 is 29.5. The van der Waals surface area contributed by atoms with Gasteiger partial charge in [0.1, 0.15) is 0 Å². The van der Waals surface area contributed by atoms with Crippen LogP contribution in [-0.4, -0.2) is 62.7 Å². The summed E-state index contributed by atoms with van der Waals surface area (Å²) in [4.78, 5) is 2.30. The average Bonchev–Trinajstić information content (AvgIpc) is 2.38. The molecule has 1 atom stereocenters. The van der Waals surface area contributed by atoms with E-state index in [9.17, 15) is 8.42 Å². The third-order valence-corrected chi connectivity index (χ3v) is 6.37. The van der Waals surface area contributed by atoms with Gasteiger partial charge in [-0.2, -0.15) is 0 Å². The molecule has 0 aromatic heterocycles. The van der Waals surface area contributed by atoms with E-state index in [-0.39, 0.29) is 11.3 Å². The minimum absolute atomic E-state index is 0.232. The molecule has 2 saturated heterocycles. The number of hydrogen-bond donors (Lipinski definition) is 1. The molecule has 2 fully saturated rings. The summed E-state index contributed by atoms with van der Waals surface area (Å²) in [5.41, 5.74) is 5.62. The zero-order chi connectivity index (χ0) is 13.9. The van der Waals surface area contributed by atoms with Crippen molar-refractivity contribution in [1.82, 2.24) is 4.90 Å². The van der Waals surface area contributed by atoms with Gasteiger partial charge in [-0.15, -0.1) is 0 Å². The van der Waals surface area contributed by atoms with E-state index < -0.39 is 9.84 Å². The highest BCUT2D eigenvalue weighted by molar-refractivity contribution is 7.91. The summed E-state index contributed by atoms with van der Waals surface area (Å²) in [7, 11) is -2.93. The van der Waals surface area contributed by atoms with E-state index in [4.69, 9.17) is 10.5 Å². The van der Waals surface area contributed by atoms with Gasteiger partial charge in [0.05, 0.1) is 17.6 Å². The number of rotatable bonds is 4. The second kappa shape index (κ2) is 6.08. The third-order valence-electron chi connectivity index (χ3n) is 4.48. The van der Waals surface area contributed by atoms with Crippen molar-refractivity contribution in [2.24, 2.45) is 5.73 Å². The van der Waals surface area contributed by atoms with E-state index >= 15 is 0 Å². The van der Waals surface area contributed by atoms with Crippen molar-refractivity contribution in [1.29, 1.82) is 0 Å². The maximum absolute atomic E-state index is 11.9. The third kappa shape index (κ3) is 3.48. The van der Waals surface area contributed by atoms with Gasteiger partial charge < -0.3 is 10.5 Å². The Morgan fingerprint density at radius 1 is 1.37 bits per heavy atom. The van der Waals surface area contributed by atoms with Crippen molar-refractivity contribution in [3.05, 3.63) is 0 Å². The molecule has 0 aromatic rings. The molecule has 0 spiro atoms. The summed E-state index contributed by atoms with van der Waals surface area (Å²) in [5, 5.41) is 0. The van der Waals surface area contributed by atoms with Crippen LogP contribution in [0.15, 0.2) is 0 Å².